The van der Waals surface area contributed by atoms with Crippen LogP contribution in [-0.2, 0) is 6.54 Å². The minimum atomic E-state index is 0. The average molecular weight is 343 g/mol. The Bertz CT molecular complexity index is 730. The van der Waals surface area contributed by atoms with Crippen LogP contribution in [0.3, 0.4) is 0 Å². The fourth-order valence-electron chi connectivity index (χ4n) is 1.83. The second-order valence-corrected chi connectivity index (χ2v) is 4.87. The van der Waals surface area contributed by atoms with E-state index in [1.165, 1.54) is 0 Å². The quantitative estimate of drug-likeness (QED) is 0.731. The van der Waals surface area contributed by atoms with Crippen LogP contribution in [0.1, 0.15) is 5.69 Å². The maximum atomic E-state index is 6.20. The molecular formula is C13H10Cl3N5. The Labute approximate surface area is 137 Å². The second kappa shape index (κ2) is 6.85. The first-order valence-corrected chi connectivity index (χ1v) is 6.62. The topological polar surface area (TPSA) is 56.5 Å². The fourth-order valence-corrected chi connectivity index (χ4v) is 2.21. The molecule has 3 aromatic rings. The van der Waals surface area contributed by atoms with Crippen molar-refractivity contribution in [2.45, 2.75) is 6.54 Å². The van der Waals surface area contributed by atoms with Gasteiger partial charge in [-0.05, 0) is 34.7 Å². The Hall–Kier alpha value is -1.69. The third-order valence-corrected chi connectivity index (χ3v) is 3.58. The zero-order valence-electron chi connectivity index (χ0n) is 10.6. The lowest BCUT2D eigenvalue weighted by molar-refractivity contribution is 0.642. The molecule has 0 unspecified atom stereocenters. The molecule has 21 heavy (non-hydrogen) atoms. The molecule has 0 aliphatic rings. The molecule has 0 saturated carbocycles. The van der Waals surface area contributed by atoms with Crippen molar-refractivity contribution < 1.29 is 0 Å². The first kappa shape index (κ1) is 15.7. The summed E-state index contributed by atoms with van der Waals surface area (Å²) >= 11 is 12.2. The van der Waals surface area contributed by atoms with Gasteiger partial charge in [0.15, 0.2) is 5.82 Å². The fraction of sp³-hybridized carbons (Fsp3) is 0.0769. The number of aromatic nitrogens is 5. The summed E-state index contributed by atoms with van der Waals surface area (Å²) in [7, 11) is 0. The lowest BCUT2D eigenvalue weighted by Crippen LogP contribution is -2.06. The van der Waals surface area contributed by atoms with E-state index in [1.807, 2.05) is 30.3 Å². The normalized spacial score (nSPS) is 10.2. The van der Waals surface area contributed by atoms with Crippen LogP contribution in [0.4, 0.5) is 0 Å². The molecule has 0 aliphatic heterocycles. The lowest BCUT2D eigenvalue weighted by Gasteiger charge is -2.06. The molecule has 2 aromatic heterocycles. The van der Waals surface area contributed by atoms with Gasteiger partial charge in [-0.1, -0.05) is 35.3 Å². The minimum absolute atomic E-state index is 0. The van der Waals surface area contributed by atoms with Crippen LogP contribution in [0, 0.1) is 0 Å². The molecular weight excluding hydrogens is 333 g/mol. The number of hydrogen-bond donors (Lipinski definition) is 0. The number of tetrazole rings is 1. The van der Waals surface area contributed by atoms with E-state index >= 15 is 0 Å². The summed E-state index contributed by atoms with van der Waals surface area (Å²) in [6.45, 7) is 0.464. The highest BCUT2D eigenvalue weighted by Crippen LogP contribution is 2.31. The standard InChI is InChI=1S/C13H9Cl2N5.ClH/c14-11-6-3-5-10(12(11)15)13-17-18-19-20(13)8-9-4-1-2-7-16-9;/h1-7H,8H2;1H. The van der Waals surface area contributed by atoms with E-state index in [1.54, 1.807) is 16.9 Å². The van der Waals surface area contributed by atoms with Crippen molar-refractivity contribution >= 4 is 35.6 Å². The van der Waals surface area contributed by atoms with Gasteiger partial charge in [-0.25, -0.2) is 4.68 Å². The molecule has 0 N–H and O–H groups in total. The molecule has 0 fully saturated rings. The molecule has 0 radical (unpaired) electrons. The third-order valence-electron chi connectivity index (χ3n) is 2.76. The van der Waals surface area contributed by atoms with Crippen LogP contribution in [-0.4, -0.2) is 25.2 Å². The van der Waals surface area contributed by atoms with Gasteiger partial charge in [0.25, 0.3) is 0 Å². The summed E-state index contributed by atoms with van der Waals surface area (Å²) in [5, 5.41) is 12.6. The number of benzene rings is 1. The molecule has 8 heteroatoms. The van der Waals surface area contributed by atoms with Gasteiger partial charge in [-0.2, -0.15) is 0 Å². The van der Waals surface area contributed by atoms with E-state index in [9.17, 15) is 0 Å². The van der Waals surface area contributed by atoms with Crippen LogP contribution in [0.15, 0.2) is 42.6 Å². The van der Waals surface area contributed by atoms with E-state index in [2.05, 4.69) is 20.5 Å². The van der Waals surface area contributed by atoms with E-state index < -0.39 is 0 Å². The molecule has 1 aromatic carbocycles. The molecule has 0 bridgehead atoms. The summed E-state index contributed by atoms with van der Waals surface area (Å²) in [5.74, 6) is 0.558. The van der Waals surface area contributed by atoms with Crippen LogP contribution in [0.5, 0.6) is 0 Å². The number of halogens is 3. The highest BCUT2D eigenvalue weighted by atomic mass is 35.5. The highest BCUT2D eigenvalue weighted by Gasteiger charge is 2.14. The van der Waals surface area contributed by atoms with Gasteiger partial charge in [0, 0.05) is 11.8 Å². The van der Waals surface area contributed by atoms with Crippen molar-refractivity contribution in [3.05, 3.63) is 58.3 Å². The van der Waals surface area contributed by atoms with E-state index in [0.717, 1.165) is 5.69 Å². The van der Waals surface area contributed by atoms with Gasteiger partial charge >= 0.3 is 0 Å². The maximum absolute atomic E-state index is 6.20. The smallest absolute Gasteiger partial charge is 0.183 e. The zero-order valence-corrected chi connectivity index (χ0v) is 13.0. The van der Waals surface area contributed by atoms with Gasteiger partial charge < -0.3 is 0 Å². The van der Waals surface area contributed by atoms with Crippen molar-refractivity contribution in [2.75, 3.05) is 0 Å². The first-order chi connectivity index (χ1) is 9.75. The van der Waals surface area contributed by atoms with Gasteiger partial charge in [-0.3, -0.25) is 4.98 Å². The van der Waals surface area contributed by atoms with E-state index in [4.69, 9.17) is 23.2 Å². The molecule has 2 heterocycles. The van der Waals surface area contributed by atoms with Crippen LogP contribution < -0.4 is 0 Å². The van der Waals surface area contributed by atoms with E-state index in [-0.39, 0.29) is 12.4 Å². The van der Waals surface area contributed by atoms with Crippen molar-refractivity contribution in [3.8, 4) is 11.4 Å². The molecule has 0 amide bonds. The number of pyridine rings is 1. The van der Waals surface area contributed by atoms with Crippen LogP contribution >= 0.6 is 35.6 Å². The molecule has 0 atom stereocenters. The molecule has 5 nitrogen and oxygen atoms in total. The average Bonchev–Trinajstić information content (AvgIpc) is 2.91. The highest BCUT2D eigenvalue weighted by molar-refractivity contribution is 6.43. The molecule has 0 saturated heterocycles. The largest absolute Gasteiger partial charge is 0.259 e. The minimum Gasteiger partial charge on any atom is -0.259 e. The molecule has 0 aliphatic carbocycles. The Morgan fingerprint density at radius 3 is 2.67 bits per heavy atom. The summed E-state index contributed by atoms with van der Waals surface area (Å²) in [6, 6.07) is 11.0. The summed E-state index contributed by atoms with van der Waals surface area (Å²) in [5.41, 5.74) is 1.55. The van der Waals surface area contributed by atoms with Crippen LogP contribution in [0.25, 0.3) is 11.4 Å². The number of hydrogen-bond acceptors (Lipinski definition) is 4. The number of rotatable bonds is 3. The monoisotopic (exact) mass is 341 g/mol. The van der Waals surface area contributed by atoms with Crippen molar-refractivity contribution in [3.63, 3.8) is 0 Å². The molecule has 0 spiro atoms. The van der Waals surface area contributed by atoms with E-state index in [0.29, 0.717) is 28.0 Å². The second-order valence-electron chi connectivity index (χ2n) is 4.08. The molecule has 108 valence electrons. The Kier molecular flexibility index (Phi) is 5.12. The predicted octanol–water partition coefficient (Wildman–Crippen LogP) is 3.51. The van der Waals surface area contributed by atoms with Gasteiger partial charge in [0.05, 0.1) is 22.3 Å². The predicted molar refractivity (Wildman–Crippen MR) is 83.9 cm³/mol. The SMILES string of the molecule is Cl.Clc1cccc(-c2nnnn2Cc2ccccn2)c1Cl. The van der Waals surface area contributed by atoms with Crippen LogP contribution in [0.2, 0.25) is 10.0 Å². The van der Waals surface area contributed by atoms with Gasteiger partial charge in [0.1, 0.15) is 0 Å². The lowest BCUT2D eigenvalue weighted by atomic mass is 10.2. The zero-order chi connectivity index (χ0) is 13.9. The summed E-state index contributed by atoms with van der Waals surface area (Å²) in [4.78, 5) is 4.25. The summed E-state index contributed by atoms with van der Waals surface area (Å²) < 4.78 is 1.64. The van der Waals surface area contributed by atoms with Gasteiger partial charge in [-0.15, -0.1) is 17.5 Å². The Balaban J connectivity index is 0.00000161. The maximum Gasteiger partial charge on any atom is 0.183 e. The van der Waals surface area contributed by atoms with Crippen molar-refractivity contribution in [2.24, 2.45) is 0 Å². The first-order valence-electron chi connectivity index (χ1n) is 5.86. The Morgan fingerprint density at radius 1 is 1.05 bits per heavy atom. The van der Waals surface area contributed by atoms with Crippen molar-refractivity contribution in [1.29, 1.82) is 0 Å². The van der Waals surface area contributed by atoms with Gasteiger partial charge in [0.2, 0.25) is 0 Å². The number of nitrogens with zero attached hydrogens (tertiary/aromatic N) is 5. The summed E-state index contributed by atoms with van der Waals surface area (Å²) in [6.07, 6.45) is 1.73. The Morgan fingerprint density at radius 2 is 1.90 bits per heavy atom. The van der Waals surface area contributed by atoms with Crippen molar-refractivity contribution in [1.82, 2.24) is 25.2 Å². The third kappa shape index (κ3) is 3.32. The molecule has 3 rings (SSSR count).